The molecule has 3 atom stereocenters. The van der Waals surface area contributed by atoms with Gasteiger partial charge in [-0.2, -0.15) is 0 Å². The number of nitrogens with one attached hydrogen (secondary N) is 1. The molecule has 6 nitrogen and oxygen atoms in total. The molecule has 0 aliphatic heterocycles. The van der Waals surface area contributed by atoms with Crippen molar-refractivity contribution >= 4 is 11.9 Å². The number of carbonyl (C=O) groups is 2. The van der Waals surface area contributed by atoms with Crippen molar-refractivity contribution in [3.8, 4) is 0 Å². The third kappa shape index (κ3) is 52.9. The van der Waals surface area contributed by atoms with Crippen LogP contribution in [0.1, 0.15) is 278 Å². The monoisotopic (exact) mass is 988 g/mol. The van der Waals surface area contributed by atoms with Crippen molar-refractivity contribution in [2.45, 2.75) is 296 Å². The van der Waals surface area contributed by atoms with E-state index in [9.17, 15) is 19.8 Å². The number of aliphatic hydroxyl groups is 2. The first-order valence-corrected chi connectivity index (χ1v) is 30.0. The standard InChI is InChI=1S/C65H113NO5/c1-4-7-10-13-16-19-22-25-28-31-34-37-40-43-46-49-52-55-58-65(70)71-61(56-53-50-47-44-41-38-35-32-29-26-23-20-17-14-11-8-5-2)59-64(69)66-62(60-67)63(68)57-54-51-48-45-42-39-36-33-30-27-24-21-18-15-12-9-6-3/h8,11,17,20,22,25-26,28-29,31,34-35,37-38,44,47,61-63,67-68H,4-7,9-10,12-16,18-19,21,23-24,27,30,32-33,36,39-43,45-46,48-60H2,1-3H3,(H,66,69)/b11-8-,20-17-,25-22+,29-26-,31-28+,37-34+,38-35-,47-44-. The highest BCUT2D eigenvalue weighted by molar-refractivity contribution is 5.77. The normalized spacial score (nSPS) is 13.8. The molecule has 0 aromatic rings. The second kappa shape index (κ2) is 57.7. The molecule has 6 heteroatoms. The first-order chi connectivity index (χ1) is 35.0. The van der Waals surface area contributed by atoms with Crippen LogP contribution in [0.5, 0.6) is 0 Å². The molecule has 3 N–H and O–H groups in total. The summed E-state index contributed by atoms with van der Waals surface area (Å²) in [6.45, 7) is 6.36. The Morgan fingerprint density at radius 1 is 0.437 bits per heavy atom. The quantitative estimate of drug-likeness (QED) is 0.0244. The lowest BCUT2D eigenvalue weighted by Crippen LogP contribution is -2.46. The van der Waals surface area contributed by atoms with Crippen LogP contribution in [0.3, 0.4) is 0 Å². The van der Waals surface area contributed by atoms with Gasteiger partial charge in [-0.3, -0.25) is 9.59 Å². The maximum absolute atomic E-state index is 13.3. The number of aliphatic hydroxyl groups excluding tert-OH is 2. The van der Waals surface area contributed by atoms with Crippen molar-refractivity contribution in [3.63, 3.8) is 0 Å². The lowest BCUT2D eigenvalue weighted by Gasteiger charge is -2.24. The summed E-state index contributed by atoms with van der Waals surface area (Å²) in [6, 6.07) is -0.731. The minimum atomic E-state index is -0.813. The van der Waals surface area contributed by atoms with Crippen LogP contribution in [0, 0.1) is 0 Å². The molecule has 0 heterocycles. The second-order valence-electron chi connectivity index (χ2n) is 20.1. The van der Waals surface area contributed by atoms with Crippen molar-refractivity contribution in [1.82, 2.24) is 5.32 Å². The summed E-state index contributed by atoms with van der Waals surface area (Å²) in [7, 11) is 0. The lowest BCUT2D eigenvalue weighted by molar-refractivity contribution is -0.151. The van der Waals surface area contributed by atoms with E-state index in [-0.39, 0.29) is 24.9 Å². The van der Waals surface area contributed by atoms with Gasteiger partial charge in [0.05, 0.1) is 25.2 Å². The molecule has 0 spiro atoms. The smallest absolute Gasteiger partial charge is 0.306 e. The molecule has 0 aliphatic carbocycles. The number of carbonyl (C=O) groups excluding carboxylic acids is 2. The first-order valence-electron chi connectivity index (χ1n) is 30.0. The van der Waals surface area contributed by atoms with Gasteiger partial charge in [-0.25, -0.2) is 0 Å². The summed E-state index contributed by atoms with van der Waals surface area (Å²) < 4.78 is 5.93. The molecule has 0 aromatic carbocycles. The van der Waals surface area contributed by atoms with E-state index >= 15 is 0 Å². The molecule has 0 bridgehead atoms. The van der Waals surface area contributed by atoms with Crippen molar-refractivity contribution in [2.24, 2.45) is 0 Å². The Hall–Kier alpha value is -3.22. The predicted octanol–water partition coefficient (Wildman–Crippen LogP) is 18.8. The zero-order valence-electron chi connectivity index (χ0n) is 46.6. The number of hydrogen-bond acceptors (Lipinski definition) is 5. The minimum absolute atomic E-state index is 0.0257. The van der Waals surface area contributed by atoms with Crippen molar-refractivity contribution in [3.05, 3.63) is 97.2 Å². The van der Waals surface area contributed by atoms with Crippen LogP contribution in [0.15, 0.2) is 97.2 Å². The van der Waals surface area contributed by atoms with Gasteiger partial charge in [0.25, 0.3) is 0 Å². The van der Waals surface area contributed by atoms with E-state index in [1.54, 1.807) is 0 Å². The molecular weight excluding hydrogens is 875 g/mol. The fourth-order valence-electron chi connectivity index (χ4n) is 8.70. The van der Waals surface area contributed by atoms with Crippen molar-refractivity contribution < 1.29 is 24.5 Å². The van der Waals surface area contributed by atoms with Gasteiger partial charge in [0.15, 0.2) is 0 Å². The number of hydrogen-bond donors (Lipinski definition) is 3. The van der Waals surface area contributed by atoms with Gasteiger partial charge in [0.2, 0.25) is 5.91 Å². The summed E-state index contributed by atoms with van der Waals surface area (Å²) in [5.74, 6) is -0.553. The second-order valence-corrected chi connectivity index (χ2v) is 20.1. The summed E-state index contributed by atoms with van der Waals surface area (Å²) in [5, 5.41) is 23.9. The van der Waals surface area contributed by atoms with Gasteiger partial charge in [0, 0.05) is 6.42 Å². The summed E-state index contributed by atoms with van der Waals surface area (Å²) in [6.07, 6.45) is 77.6. The van der Waals surface area contributed by atoms with Crippen LogP contribution in [-0.4, -0.2) is 46.9 Å². The highest BCUT2D eigenvalue weighted by atomic mass is 16.5. The summed E-state index contributed by atoms with van der Waals surface area (Å²) in [4.78, 5) is 26.3. The molecule has 0 aliphatic rings. The average molecular weight is 989 g/mol. The number of esters is 1. The maximum atomic E-state index is 13.3. The fraction of sp³-hybridized carbons (Fsp3) is 0.723. The Balaban J connectivity index is 4.69. The highest BCUT2D eigenvalue weighted by Crippen LogP contribution is 2.17. The summed E-state index contributed by atoms with van der Waals surface area (Å²) >= 11 is 0. The Morgan fingerprint density at radius 3 is 1.28 bits per heavy atom. The first kappa shape index (κ1) is 67.8. The molecule has 3 unspecified atom stereocenters. The van der Waals surface area contributed by atoms with Crippen LogP contribution >= 0.6 is 0 Å². The van der Waals surface area contributed by atoms with Gasteiger partial charge in [0.1, 0.15) is 6.10 Å². The van der Waals surface area contributed by atoms with E-state index in [4.69, 9.17) is 4.74 Å². The van der Waals surface area contributed by atoms with E-state index in [0.717, 1.165) is 109 Å². The van der Waals surface area contributed by atoms with E-state index in [1.165, 1.54) is 122 Å². The predicted molar refractivity (Wildman–Crippen MR) is 310 cm³/mol. The molecule has 1 amide bonds. The lowest BCUT2D eigenvalue weighted by atomic mass is 10.0. The minimum Gasteiger partial charge on any atom is -0.462 e. The molecule has 0 saturated carbocycles. The van der Waals surface area contributed by atoms with Crippen molar-refractivity contribution in [2.75, 3.05) is 6.61 Å². The van der Waals surface area contributed by atoms with Gasteiger partial charge >= 0.3 is 5.97 Å². The van der Waals surface area contributed by atoms with Gasteiger partial charge in [-0.05, 0) is 89.9 Å². The number of ether oxygens (including phenoxy) is 1. The summed E-state index contributed by atoms with van der Waals surface area (Å²) in [5.41, 5.74) is 0. The van der Waals surface area contributed by atoms with E-state index < -0.39 is 18.2 Å². The van der Waals surface area contributed by atoms with Crippen LogP contribution in [0.2, 0.25) is 0 Å². The number of amides is 1. The largest absolute Gasteiger partial charge is 0.462 e. The van der Waals surface area contributed by atoms with E-state index in [1.807, 2.05) is 0 Å². The SMILES string of the molecule is CC/C=C\C/C=C\C/C=C\C/C=C\C/C=C\CCCC(CC(=O)NC(CO)C(O)CCCCCCCCCCCCCCCCCCC)OC(=O)CCCCCCC/C=C/C=C/C=C/CCCCCCC. The Bertz CT molecular complexity index is 1390. The van der Waals surface area contributed by atoms with Crippen LogP contribution in [-0.2, 0) is 14.3 Å². The van der Waals surface area contributed by atoms with Crippen molar-refractivity contribution in [1.29, 1.82) is 0 Å². The highest BCUT2D eigenvalue weighted by Gasteiger charge is 2.24. The van der Waals surface area contributed by atoms with Crippen LogP contribution in [0.25, 0.3) is 0 Å². The molecule has 408 valence electrons. The maximum Gasteiger partial charge on any atom is 0.306 e. The molecular formula is C65H113NO5. The van der Waals surface area contributed by atoms with Gasteiger partial charge in [-0.15, -0.1) is 0 Å². The molecule has 0 rings (SSSR count). The van der Waals surface area contributed by atoms with E-state index in [2.05, 4.69) is 123 Å². The topological polar surface area (TPSA) is 95.9 Å². The number of unbranched alkanes of at least 4 members (excludes halogenated alkanes) is 27. The molecule has 0 fully saturated rings. The zero-order chi connectivity index (χ0) is 51.6. The van der Waals surface area contributed by atoms with Gasteiger partial charge in [-0.1, -0.05) is 272 Å². The van der Waals surface area contributed by atoms with Gasteiger partial charge < -0.3 is 20.3 Å². The molecule has 0 aromatic heterocycles. The van der Waals surface area contributed by atoms with Crippen LogP contribution in [0.4, 0.5) is 0 Å². The van der Waals surface area contributed by atoms with E-state index in [0.29, 0.717) is 19.3 Å². The Morgan fingerprint density at radius 2 is 0.831 bits per heavy atom. The third-order valence-corrected chi connectivity index (χ3v) is 13.2. The number of allylic oxidation sites excluding steroid dienone is 16. The Kier molecular flexibility index (Phi) is 55.1. The van der Waals surface area contributed by atoms with Crippen LogP contribution < -0.4 is 5.32 Å². The third-order valence-electron chi connectivity index (χ3n) is 13.2. The number of rotatable bonds is 53. The molecule has 71 heavy (non-hydrogen) atoms. The molecule has 0 radical (unpaired) electrons. The fourth-order valence-corrected chi connectivity index (χ4v) is 8.70. The zero-order valence-corrected chi connectivity index (χ0v) is 46.6. The average Bonchev–Trinajstić information content (AvgIpc) is 3.36. The Labute approximate surface area is 439 Å². The molecule has 0 saturated heterocycles.